The van der Waals surface area contributed by atoms with Crippen molar-refractivity contribution < 1.29 is 35.9 Å². The molecule has 0 aliphatic heterocycles. The highest BCUT2D eigenvalue weighted by Gasteiger charge is 2.38. The molecule has 0 saturated heterocycles. The molecule has 0 unspecified atom stereocenters. The van der Waals surface area contributed by atoms with Crippen molar-refractivity contribution in [2.75, 3.05) is 12.8 Å². The van der Waals surface area contributed by atoms with Gasteiger partial charge in [0.25, 0.3) is 0 Å². The van der Waals surface area contributed by atoms with Crippen LogP contribution in [-0.2, 0) is 21.9 Å². The number of esters is 1. The number of methoxy groups -OCH3 is 1. The van der Waals surface area contributed by atoms with Crippen molar-refractivity contribution in [1.29, 1.82) is 0 Å². The standard InChI is InChI=1S/C12H9F6NO2/c1-21-10(20)3-2-7-8(12(16,17)18)4-6(5-9(7)19)11(13,14)15/h2-5H,19H2,1H3. The number of carbonyl (C=O) groups excluding carboxylic acids is 1. The van der Waals surface area contributed by atoms with Crippen molar-refractivity contribution in [3.8, 4) is 0 Å². The number of benzene rings is 1. The zero-order valence-corrected chi connectivity index (χ0v) is 10.5. The summed E-state index contributed by atoms with van der Waals surface area (Å²) < 4.78 is 80.2. The molecule has 0 amide bonds. The third-order valence-corrected chi connectivity index (χ3v) is 2.43. The van der Waals surface area contributed by atoms with Gasteiger partial charge in [0.05, 0.1) is 18.2 Å². The number of hydrogen-bond acceptors (Lipinski definition) is 3. The van der Waals surface area contributed by atoms with Gasteiger partial charge in [-0.05, 0) is 18.2 Å². The fourth-order valence-corrected chi connectivity index (χ4v) is 1.48. The summed E-state index contributed by atoms with van der Waals surface area (Å²) in [5.74, 6) is -0.970. The lowest BCUT2D eigenvalue weighted by Gasteiger charge is -2.16. The SMILES string of the molecule is COC(=O)C=Cc1c(N)cc(C(F)(F)F)cc1C(F)(F)F. The molecule has 21 heavy (non-hydrogen) atoms. The van der Waals surface area contributed by atoms with Crippen LogP contribution < -0.4 is 5.73 Å². The van der Waals surface area contributed by atoms with E-state index >= 15 is 0 Å². The highest BCUT2D eigenvalue weighted by molar-refractivity contribution is 5.88. The molecular weight excluding hydrogens is 304 g/mol. The number of anilines is 1. The molecule has 0 spiro atoms. The van der Waals surface area contributed by atoms with Crippen LogP contribution in [0.25, 0.3) is 6.08 Å². The summed E-state index contributed by atoms with van der Waals surface area (Å²) in [5, 5.41) is 0. The fourth-order valence-electron chi connectivity index (χ4n) is 1.48. The van der Waals surface area contributed by atoms with E-state index in [9.17, 15) is 31.1 Å². The summed E-state index contributed by atoms with van der Waals surface area (Å²) >= 11 is 0. The highest BCUT2D eigenvalue weighted by atomic mass is 19.4. The van der Waals surface area contributed by atoms with Crippen molar-refractivity contribution in [3.63, 3.8) is 0 Å². The Hall–Kier alpha value is -2.19. The van der Waals surface area contributed by atoms with Crippen LogP contribution in [0.2, 0.25) is 0 Å². The fraction of sp³-hybridized carbons (Fsp3) is 0.250. The van der Waals surface area contributed by atoms with Crippen LogP contribution in [0.15, 0.2) is 18.2 Å². The van der Waals surface area contributed by atoms with Gasteiger partial charge in [0.1, 0.15) is 0 Å². The number of carbonyl (C=O) groups is 1. The number of alkyl halides is 6. The minimum Gasteiger partial charge on any atom is -0.466 e. The molecule has 0 bridgehead atoms. The van der Waals surface area contributed by atoms with Crippen LogP contribution in [0, 0.1) is 0 Å². The summed E-state index contributed by atoms with van der Waals surface area (Å²) in [6, 6.07) is 0.305. The zero-order valence-electron chi connectivity index (χ0n) is 10.5. The molecule has 0 aromatic heterocycles. The first-order valence-corrected chi connectivity index (χ1v) is 5.30. The molecule has 1 aromatic carbocycles. The van der Waals surface area contributed by atoms with Gasteiger partial charge in [0, 0.05) is 17.3 Å². The van der Waals surface area contributed by atoms with Gasteiger partial charge in [-0.15, -0.1) is 0 Å². The molecule has 0 heterocycles. The quantitative estimate of drug-likeness (QED) is 0.393. The third kappa shape index (κ3) is 4.14. The number of ether oxygens (including phenoxy) is 1. The molecule has 0 aliphatic rings. The average molecular weight is 313 g/mol. The molecule has 0 aliphatic carbocycles. The first kappa shape index (κ1) is 16.9. The van der Waals surface area contributed by atoms with E-state index in [0.717, 1.165) is 7.11 Å². The van der Waals surface area contributed by atoms with E-state index < -0.39 is 40.7 Å². The molecule has 0 saturated carbocycles. The topological polar surface area (TPSA) is 52.3 Å². The van der Waals surface area contributed by atoms with E-state index in [1.165, 1.54) is 0 Å². The maximum atomic E-state index is 12.8. The molecule has 2 N–H and O–H groups in total. The zero-order chi connectivity index (χ0) is 16.4. The van der Waals surface area contributed by atoms with Crippen LogP contribution in [0.3, 0.4) is 0 Å². The maximum absolute atomic E-state index is 12.8. The monoisotopic (exact) mass is 313 g/mol. The summed E-state index contributed by atoms with van der Waals surface area (Å²) in [4.78, 5) is 10.9. The van der Waals surface area contributed by atoms with E-state index in [1.54, 1.807) is 0 Å². The molecule has 1 rings (SSSR count). The van der Waals surface area contributed by atoms with Gasteiger partial charge in [-0.25, -0.2) is 4.79 Å². The lowest BCUT2D eigenvalue weighted by Crippen LogP contribution is -2.14. The summed E-state index contributed by atoms with van der Waals surface area (Å²) in [6.07, 6.45) is -8.75. The number of halogens is 6. The average Bonchev–Trinajstić information content (AvgIpc) is 2.33. The summed E-state index contributed by atoms with van der Waals surface area (Å²) in [6.45, 7) is 0. The maximum Gasteiger partial charge on any atom is 0.417 e. The largest absolute Gasteiger partial charge is 0.466 e. The van der Waals surface area contributed by atoms with Gasteiger partial charge in [-0.3, -0.25) is 0 Å². The molecule has 1 aromatic rings. The first-order chi connectivity index (χ1) is 9.46. The second-order valence-electron chi connectivity index (χ2n) is 3.88. The predicted octanol–water partition coefficient (Wildman–Crippen LogP) is 3.49. The van der Waals surface area contributed by atoms with Crippen LogP contribution in [-0.4, -0.2) is 13.1 Å². The second-order valence-corrected chi connectivity index (χ2v) is 3.88. The van der Waals surface area contributed by atoms with Crippen LogP contribution >= 0.6 is 0 Å². The number of rotatable bonds is 2. The Kier molecular flexibility index (Phi) is 4.55. The van der Waals surface area contributed by atoms with Crippen LogP contribution in [0.1, 0.15) is 16.7 Å². The van der Waals surface area contributed by atoms with E-state index in [4.69, 9.17) is 5.73 Å². The van der Waals surface area contributed by atoms with Gasteiger partial charge in [0.2, 0.25) is 0 Å². The second kappa shape index (κ2) is 5.66. The highest BCUT2D eigenvalue weighted by Crippen LogP contribution is 2.40. The van der Waals surface area contributed by atoms with Gasteiger partial charge in [0.15, 0.2) is 0 Å². The Labute approximate surface area is 115 Å². The van der Waals surface area contributed by atoms with E-state index in [2.05, 4.69) is 4.74 Å². The molecule has 0 fully saturated rings. The third-order valence-electron chi connectivity index (χ3n) is 2.43. The van der Waals surface area contributed by atoms with E-state index in [1.807, 2.05) is 0 Å². The molecule has 3 nitrogen and oxygen atoms in total. The first-order valence-electron chi connectivity index (χ1n) is 5.30. The Morgan fingerprint density at radius 3 is 2.14 bits per heavy atom. The molecule has 9 heteroatoms. The summed E-state index contributed by atoms with van der Waals surface area (Å²) in [7, 11) is 0.994. The van der Waals surface area contributed by atoms with Crippen molar-refractivity contribution in [2.45, 2.75) is 12.4 Å². The molecule has 0 radical (unpaired) electrons. The van der Waals surface area contributed by atoms with E-state index in [0.29, 0.717) is 18.2 Å². The Bertz CT molecular complexity index is 574. The van der Waals surface area contributed by atoms with E-state index in [-0.39, 0.29) is 6.07 Å². The normalized spacial score (nSPS) is 12.7. The molecular formula is C12H9F6NO2. The number of hydrogen-bond donors (Lipinski definition) is 1. The number of nitrogens with two attached hydrogens (primary N) is 1. The van der Waals surface area contributed by atoms with Gasteiger partial charge < -0.3 is 10.5 Å². The van der Waals surface area contributed by atoms with Crippen molar-refractivity contribution >= 4 is 17.7 Å². The predicted molar refractivity (Wildman–Crippen MR) is 61.9 cm³/mol. The van der Waals surface area contributed by atoms with Crippen LogP contribution in [0.5, 0.6) is 0 Å². The summed E-state index contributed by atoms with van der Waals surface area (Å²) in [5.41, 5.74) is 0.639. The molecule has 0 atom stereocenters. The minimum absolute atomic E-state index is 0.0622. The van der Waals surface area contributed by atoms with Gasteiger partial charge >= 0.3 is 18.3 Å². The van der Waals surface area contributed by atoms with Crippen molar-refractivity contribution in [3.05, 3.63) is 34.9 Å². The lowest BCUT2D eigenvalue weighted by molar-refractivity contribution is -0.143. The lowest BCUT2D eigenvalue weighted by atomic mass is 10.00. The Balaban J connectivity index is 3.50. The van der Waals surface area contributed by atoms with Crippen molar-refractivity contribution in [2.24, 2.45) is 0 Å². The van der Waals surface area contributed by atoms with Crippen LogP contribution in [0.4, 0.5) is 32.0 Å². The van der Waals surface area contributed by atoms with Crippen molar-refractivity contribution in [1.82, 2.24) is 0 Å². The number of nitrogen functional groups attached to an aromatic ring is 1. The molecule has 116 valence electrons. The minimum atomic E-state index is -5.06. The smallest absolute Gasteiger partial charge is 0.417 e. The van der Waals surface area contributed by atoms with Gasteiger partial charge in [-0.1, -0.05) is 0 Å². The Morgan fingerprint density at radius 2 is 1.71 bits per heavy atom. The Morgan fingerprint density at radius 1 is 1.14 bits per heavy atom. The van der Waals surface area contributed by atoms with Gasteiger partial charge in [-0.2, -0.15) is 26.3 Å².